The second-order valence-electron chi connectivity index (χ2n) is 5.60. The first-order chi connectivity index (χ1) is 13.0. The van der Waals surface area contributed by atoms with Crippen LogP contribution in [0.1, 0.15) is 40.6 Å². The summed E-state index contributed by atoms with van der Waals surface area (Å²) in [7, 11) is 0. The van der Waals surface area contributed by atoms with Crippen LogP contribution in [0.5, 0.6) is 0 Å². The highest BCUT2D eigenvalue weighted by molar-refractivity contribution is 5.95. The number of amides is 1. The molecule has 1 N–H and O–H groups in total. The molecule has 0 saturated heterocycles. The first kappa shape index (κ1) is 19.9. The monoisotopic (exact) mass is 372 g/mol. The van der Waals surface area contributed by atoms with Gasteiger partial charge in [0.15, 0.2) is 12.8 Å². The van der Waals surface area contributed by atoms with Gasteiger partial charge in [0.2, 0.25) is 0 Å². The zero-order chi connectivity index (χ0) is 19.6. The molecule has 1 aromatic heterocycles. The van der Waals surface area contributed by atoms with Gasteiger partial charge in [0.05, 0.1) is 12.2 Å². The van der Waals surface area contributed by atoms with E-state index in [0.717, 1.165) is 19.0 Å². The van der Waals surface area contributed by atoms with Crippen LogP contribution in [0.15, 0.2) is 48.7 Å². The molecule has 2 aromatic rings. The maximum atomic E-state index is 11.9. The molecular weight excluding hydrogens is 352 g/mol. The van der Waals surface area contributed by atoms with Gasteiger partial charge in [-0.3, -0.25) is 4.79 Å². The van der Waals surface area contributed by atoms with E-state index in [9.17, 15) is 19.6 Å². The smallest absolute Gasteiger partial charge is 0.405 e. The number of carbonyl (C=O) groups is 3. The van der Waals surface area contributed by atoms with E-state index in [1.807, 2.05) is 6.92 Å². The number of hydrogen-bond acceptors (Lipinski definition) is 6. The Morgan fingerprint density at radius 2 is 1.78 bits per heavy atom. The number of carbonyl (C=O) groups excluding carboxylic acids is 3. The van der Waals surface area contributed by atoms with Crippen molar-refractivity contribution in [2.75, 3.05) is 18.5 Å². The third-order valence-corrected chi connectivity index (χ3v) is 3.50. The van der Waals surface area contributed by atoms with Gasteiger partial charge in [-0.15, -0.1) is 0 Å². The molecule has 0 spiro atoms. The van der Waals surface area contributed by atoms with Crippen molar-refractivity contribution >= 4 is 23.5 Å². The molecule has 8 nitrogen and oxygen atoms in total. The molecule has 1 aromatic carbocycles. The lowest BCUT2D eigenvalue weighted by molar-refractivity contribution is -0.608. The van der Waals surface area contributed by atoms with Crippen LogP contribution >= 0.6 is 0 Å². The molecule has 0 aliphatic carbocycles. The lowest BCUT2D eigenvalue weighted by Gasteiger charge is -2.08. The Bertz CT molecular complexity index is 804. The summed E-state index contributed by atoms with van der Waals surface area (Å²) in [6.07, 6.45) is 2.89. The molecule has 0 fully saturated rings. The molecule has 0 atom stereocenters. The highest BCUT2D eigenvalue weighted by atomic mass is 16.5. The molecule has 2 rings (SSSR count). The number of ether oxygens (including phenoxy) is 2. The van der Waals surface area contributed by atoms with Gasteiger partial charge in [-0.05, 0) is 36.8 Å². The average molecular weight is 372 g/mol. The Morgan fingerprint density at radius 3 is 2.44 bits per heavy atom. The molecule has 1 heterocycles. The largest absolute Gasteiger partial charge is 0.618 e. The summed E-state index contributed by atoms with van der Waals surface area (Å²) in [5, 5.41) is 14.0. The maximum absolute atomic E-state index is 11.9. The number of aromatic nitrogens is 1. The first-order valence-electron chi connectivity index (χ1n) is 8.43. The summed E-state index contributed by atoms with van der Waals surface area (Å²) < 4.78 is 10.3. The van der Waals surface area contributed by atoms with Crippen molar-refractivity contribution in [2.45, 2.75) is 19.8 Å². The van der Waals surface area contributed by atoms with Crippen LogP contribution in [0.3, 0.4) is 0 Å². The number of pyridine rings is 1. The zero-order valence-electron chi connectivity index (χ0n) is 14.8. The molecule has 0 aliphatic rings. The van der Waals surface area contributed by atoms with Crippen LogP contribution in [0.2, 0.25) is 0 Å². The second-order valence-corrected chi connectivity index (χ2v) is 5.60. The molecule has 0 saturated carbocycles. The van der Waals surface area contributed by atoms with Crippen LogP contribution in [0, 0.1) is 5.21 Å². The fourth-order valence-electron chi connectivity index (χ4n) is 2.07. The van der Waals surface area contributed by atoms with E-state index in [2.05, 4.69) is 5.32 Å². The standard InChI is InChI=1S/C19H20N2O6/c1-2-3-12-26-18(23)14-7-9-15(10-8-14)20-17(22)13-27-19(24)16-6-4-5-11-21(16)25/h4-11H,2-3,12-13H2,1H3,(H,20,22). The van der Waals surface area contributed by atoms with E-state index in [1.165, 1.54) is 30.3 Å². The molecule has 142 valence electrons. The molecule has 8 heteroatoms. The number of benzene rings is 1. The highest BCUT2D eigenvalue weighted by Crippen LogP contribution is 2.11. The summed E-state index contributed by atoms with van der Waals surface area (Å²) in [6.45, 7) is 1.82. The number of hydrogen-bond donors (Lipinski definition) is 1. The molecule has 0 unspecified atom stereocenters. The van der Waals surface area contributed by atoms with Crippen LogP contribution in [-0.4, -0.2) is 31.1 Å². The van der Waals surface area contributed by atoms with Gasteiger partial charge < -0.3 is 20.0 Å². The number of anilines is 1. The van der Waals surface area contributed by atoms with Crippen LogP contribution in [0.25, 0.3) is 0 Å². The molecule has 1 amide bonds. The minimum Gasteiger partial charge on any atom is -0.618 e. The fraction of sp³-hybridized carbons (Fsp3) is 0.263. The van der Waals surface area contributed by atoms with Gasteiger partial charge in [-0.2, -0.15) is 4.73 Å². The van der Waals surface area contributed by atoms with Gasteiger partial charge >= 0.3 is 17.6 Å². The molecule has 0 radical (unpaired) electrons. The normalized spacial score (nSPS) is 10.1. The summed E-state index contributed by atoms with van der Waals surface area (Å²) in [5.74, 6) is -1.90. The Balaban J connectivity index is 1.82. The predicted octanol–water partition coefficient (Wildman–Crippen LogP) is 2.07. The third kappa shape index (κ3) is 6.10. The van der Waals surface area contributed by atoms with Gasteiger partial charge in [0, 0.05) is 17.8 Å². The number of nitrogens with one attached hydrogen (secondary N) is 1. The Kier molecular flexibility index (Phi) is 7.30. The third-order valence-electron chi connectivity index (χ3n) is 3.50. The SMILES string of the molecule is CCCCOC(=O)c1ccc(NC(=O)COC(=O)c2cccc[n+]2[O-])cc1. The first-order valence-corrected chi connectivity index (χ1v) is 8.43. The zero-order valence-corrected chi connectivity index (χ0v) is 14.8. The number of rotatable bonds is 8. The minimum atomic E-state index is -0.897. The summed E-state index contributed by atoms with van der Waals surface area (Å²) in [5.41, 5.74) is 0.593. The second kappa shape index (κ2) is 9.91. The van der Waals surface area contributed by atoms with Gasteiger partial charge in [0.1, 0.15) is 0 Å². The van der Waals surface area contributed by atoms with E-state index in [0.29, 0.717) is 22.6 Å². The Hall–Kier alpha value is -3.42. The average Bonchev–Trinajstić information content (AvgIpc) is 2.67. The summed E-state index contributed by atoms with van der Waals surface area (Å²) >= 11 is 0. The number of nitrogens with zero attached hydrogens (tertiary/aromatic N) is 1. The molecular formula is C19H20N2O6. The lowest BCUT2D eigenvalue weighted by Crippen LogP contribution is -2.35. The summed E-state index contributed by atoms with van der Waals surface area (Å²) in [4.78, 5) is 35.4. The number of esters is 2. The van der Waals surface area contributed by atoms with Gasteiger partial charge in [0.25, 0.3) is 5.91 Å². The fourth-order valence-corrected chi connectivity index (χ4v) is 2.07. The van der Waals surface area contributed by atoms with Crippen LogP contribution in [0.4, 0.5) is 5.69 Å². The van der Waals surface area contributed by atoms with Crippen molar-refractivity contribution in [3.63, 3.8) is 0 Å². The van der Waals surface area contributed by atoms with Crippen LogP contribution in [-0.2, 0) is 14.3 Å². The predicted molar refractivity (Wildman–Crippen MR) is 95.9 cm³/mol. The Morgan fingerprint density at radius 1 is 1.04 bits per heavy atom. The summed E-state index contributed by atoms with van der Waals surface area (Å²) in [6, 6.07) is 10.4. The van der Waals surface area contributed by atoms with E-state index in [-0.39, 0.29) is 5.69 Å². The van der Waals surface area contributed by atoms with E-state index in [1.54, 1.807) is 12.1 Å². The minimum absolute atomic E-state index is 0.212. The Labute approximate surface area is 156 Å². The number of unbranched alkanes of at least 4 members (excludes halogenated alkanes) is 1. The van der Waals surface area contributed by atoms with Crippen molar-refractivity contribution in [1.29, 1.82) is 0 Å². The van der Waals surface area contributed by atoms with Crippen LogP contribution < -0.4 is 10.0 Å². The van der Waals surface area contributed by atoms with Crippen molar-refractivity contribution < 1.29 is 28.6 Å². The van der Waals surface area contributed by atoms with Gasteiger partial charge in [-0.1, -0.05) is 13.3 Å². The molecule has 27 heavy (non-hydrogen) atoms. The van der Waals surface area contributed by atoms with Crippen molar-refractivity contribution in [2.24, 2.45) is 0 Å². The van der Waals surface area contributed by atoms with Crippen molar-refractivity contribution in [3.05, 3.63) is 65.1 Å². The van der Waals surface area contributed by atoms with E-state index >= 15 is 0 Å². The topological polar surface area (TPSA) is 109 Å². The van der Waals surface area contributed by atoms with Crippen molar-refractivity contribution in [3.8, 4) is 0 Å². The van der Waals surface area contributed by atoms with E-state index in [4.69, 9.17) is 9.47 Å². The highest BCUT2D eigenvalue weighted by Gasteiger charge is 2.18. The quantitative estimate of drug-likeness (QED) is 0.329. The molecule has 0 bridgehead atoms. The maximum Gasteiger partial charge on any atom is 0.405 e. The van der Waals surface area contributed by atoms with E-state index < -0.39 is 24.5 Å². The van der Waals surface area contributed by atoms with Gasteiger partial charge in [-0.25, -0.2) is 9.59 Å². The van der Waals surface area contributed by atoms with Crippen molar-refractivity contribution in [1.82, 2.24) is 0 Å². The lowest BCUT2D eigenvalue weighted by atomic mass is 10.2. The molecule has 0 aliphatic heterocycles.